The minimum atomic E-state index is -0.784. The molecule has 2 unspecified atom stereocenters. The summed E-state index contributed by atoms with van der Waals surface area (Å²) in [6.07, 6.45) is 2.82. The summed E-state index contributed by atoms with van der Waals surface area (Å²) >= 11 is 0. The molecule has 1 aromatic rings. The fourth-order valence-electron chi connectivity index (χ4n) is 1.37. The van der Waals surface area contributed by atoms with Gasteiger partial charge in [-0.1, -0.05) is 25.1 Å². The highest BCUT2D eigenvalue weighted by Crippen LogP contribution is 2.18. The minimum Gasteiger partial charge on any atom is -0.382 e. The van der Waals surface area contributed by atoms with E-state index >= 15 is 0 Å². The quantitative estimate of drug-likeness (QED) is 0.835. The van der Waals surface area contributed by atoms with Crippen LogP contribution >= 0.6 is 0 Å². The molecular weight excluding hydrogens is 206 g/mol. The van der Waals surface area contributed by atoms with Crippen molar-refractivity contribution in [3.8, 4) is 0 Å². The molecule has 0 spiro atoms. The molecular formula is C12H19NOS. The van der Waals surface area contributed by atoms with Crippen LogP contribution in [0.2, 0.25) is 0 Å². The van der Waals surface area contributed by atoms with Gasteiger partial charge in [0.25, 0.3) is 0 Å². The van der Waals surface area contributed by atoms with Crippen molar-refractivity contribution >= 4 is 16.5 Å². The maximum atomic E-state index is 11.2. The van der Waals surface area contributed by atoms with Crippen LogP contribution in [0.15, 0.2) is 24.3 Å². The van der Waals surface area contributed by atoms with Crippen LogP contribution in [0, 0.1) is 0 Å². The van der Waals surface area contributed by atoms with E-state index < -0.39 is 10.8 Å². The highest BCUT2D eigenvalue weighted by Gasteiger charge is 2.05. The largest absolute Gasteiger partial charge is 0.382 e. The second kappa shape index (κ2) is 5.91. The normalized spacial score (nSPS) is 14.6. The topological polar surface area (TPSA) is 29.1 Å². The third-order valence-corrected chi connectivity index (χ3v) is 3.11. The monoisotopic (exact) mass is 225 g/mol. The number of nitrogens with one attached hydrogen (secondary N) is 1. The van der Waals surface area contributed by atoms with E-state index in [2.05, 4.69) is 19.2 Å². The summed E-state index contributed by atoms with van der Waals surface area (Å²) < 4.78 is 11.2. The molecule has 0 radical (unpaired) electrons. The van der Waals surface area contributed by atoms with Crippen LogP contribution in [0.4, 0.5) is 5.69 Å². The molecule has 0 aliphatic carbocycles. The molecule has 0 fully saturated rings. The summed E-state index contributed by atoms with van der Waals surface area (Å²) in [5.41, 5.74) is 2.25. The van der Waals surface area contributed by atoms with Crippen LogP contribution in [-0.4, -0.2) is 16.5 Å². The first kappa shape index (κ1) is 12.2. The summed E-state index contributed by atoms with van der Waals surface area (Å²) in [6.45, 7) is 4.30. The Morgan fingerprint density at radius 1 is 1.40 bits per heavy atom. The van der Waals surface area contributed by atoms with E-state index in [0.29, 0.717) is 11.8 Å². The Morgan fingerprint density at radius 2 is 2.07 bits per heavy atom. The zero-order valence-electron chi connectivity index (χ0n) is 9.62. The van der Waals surface area contributed by atoms with Crippen molar-refractivity contribution in [2.24, 2.45) is 0 Å². The minimum absolute atomic E-state index is 0.455. The number of benzene rings is 1. The van der Waals surface area contributed by atoms with Gasteiger partial charge in [-0.05, 0) is 25.0 Å². The second-order valence-electron chi connectivity index (χ2n) is 3.83. The standard InChI is InChI=1S/C12H19NOS/c1-4-10(2)13-12-8-6-5-7-11(12)9-15(3)14/h5-8,10,13H,4,9H2,1-3H3. The van der Waals surface area contributed by atoms with Gasteiger partial charge >= 0.3 is 0 Å². The van der Waals surface area contributed by atoms with Crippen molar-refractivity contribution < 1.29 is 4.21 Å². The average Bonchev–Trinajstić information content (AvgIpc) is 2.20. The predicted molar refractivity (Wildman–Crippen MR) is 67.6 cm³/mol. The lowest BCUT2D eigenvalue weighted by Crippen LogP contribution is -2.15. The van der Waals surface area contributed by atoms with Crippen molar-refractivity contribution in [1.82, 2.24) is 0 Å². The van der Waals surface area contributed by atoms with Gasteiger partial charge in [0, 0.05) is 28.8 Å². The van der Waals surface area contributed by atoms with Crippen molar-refractivity contribution in [2.45, 2.75) is 32.1 Å². The Morgan fingerprint density at radius 3 is 2.67 bits per heavy atom. The van der Waals surface area contributed by atoms with Crippen LogP contribution in [-0.2, 0) is 16.6 Å². The fourth-order valence-corrected chi connectivity index (χ4v) is 2.06. The van der Waals surface area contributed by atoms with Gasteiger partial charge in [-0.2, -0.15) is 0 Å². The maximum Gasteiger partial charge on any atom is 0.0503 e. The molecule has 0 saturated heterocycles. The lowest BCUT2D eigenvalue weighted by atomic mass is 10.1. The highest BCUT2D eigenvalue weighted by molar-refractivity contribution is 7.83. The molecule has 2 nitrogen and oxygen atoms in total. The zero-order valence-corrected chi connectivity index (χ0v) is 10.4. The molecule has 3 heteroatoms. The van der Waals surface area contributed by atoms with Crippen LogP contribution in [0.25, 0.3) is 0 Å². The van der Waals surface area contributed by atoms with Gasteiger partial charge in [0.1, 0.15) is 0 Å². The molecule has 0 saturated carbocycles. The Kier molecular flexibility index (Phi) is 4.82. The summed E-state index contributed by atoms with van der Waals surface area (Å²) in [7, 11) is -0.784. The van der Waals surface area contributed by atoms with Crippen LogP contribution in [0.5, 0.6) is 0 Å². The van der Waals surface area contributed by atoms with Crippen LogP contribution in [0.3, 0.4) is 0 Å². The molecule has 84 valence electrons. The van der Waals surface area contributed by atoms with Gasteiger partial charge in [-0.3, -0.25) is 4.21 Å². The third-order valence-electron chi connectivity index (χ3n) is 2.39. The maximum absolute atomic E-state index is 11.2. The van der Waals surface area contributed by atoms with Crippen LogP contribution in [0.1, 0.15) is 25.8 Å². The number of hydrogen-bond donors (Lipinski definition) is 1. The molecule has 1 aromatic carbocycles. The number of anilines is 1. The average molecular weight is 225 g/mol. The molecule has 15 heavy (non-hydrogen) atoms. The molecule has 2 atom stereocenters. The lowest BCUT2D eigenvalue weighted by molar-refractivity contribution is 0.686. The lowest BCUT2D eigenvalue weighted by Gasteiger charge is -2.16. The number of rotatable bonds is 5. The Labute approximate surface area is 94.5 Å². The van der Waals surface area contributed by atoms with Gasteiger partial charge < -0.3 is 5.32 Å². The highest BCUT2D eigenvalue weighted by atomic mass is 32.2. The molecule has 0 amide bonds. The SMILES string of the molecule is CCC(C)Nc1ccccc1CS(C)=O. The summed E-state index contributed by atoms with van der Waals surface area (Å²) in [5.74, 6) is 0.625. The number of hydrogen-bond acceptors (Lipinski definition) is 2. The van der Waals surface area contributed by atoms with Crippen molar-refractivity contribution in [1.29, 1.82) is 0 Å². The zero-order chi connectivity index (χ0) is 11.3. The first-order chi connectivity index (χ1) is 7.13. The van der Waals surface area contributed by atoms with Gasteiger partial charge in [0.2, 0.25) is 0 Å². The Balaban J connectivity index is 2.81. The first-order valence-corrected chi connectivity index (χ1v) is 7.00. The van der Waals surface area contributed by atoms with Crippen molar-refractivity contribution in [2.75, 3.05) is 11.6 Å². The van der Waals surface area contributed by atoms with Gasteiger partial charge in [0.05, 0.1) is 5.75 Å². The van der Waals surface area contributed by atoms with Crippen molar-refractivity contribution in [3.05, 3.63) is 29.8 Å². The third kappa shape index (κ3) is 4.04. The fraction of sp³-hybridized carbons (Fsp3) is 0.500. The molecule has 0 bridgehead atoms. The Hall–Kier alpha value is -0.830. The predicted octanol–water partition coefficient (Wildman–Crippen LogP) is 2.78. The smallest absolute Gasteiger partial charge is 0.0503 e. The van der Waals surface area contributed by atoms with E-state index in [1.54, 1.807) is 6.26 Å². The van der Waals surface area contributed by atoms with Gasteiger partial charge in [0.15, 0.2) is 0 Å². The van der Waals surface area contributed by atoms with E-state index in [0.717, 1.165) is 17.7 Å². The van der Waals surface area contributed by atoms with E-state index in [1.165, 1.54) is 0 Å². The Bertz CT molecular complexity index is 338. The van der Waals surface area contributed by atoms with Gasteiger partial charge in [-0.25, -0.2) is 0 Å². The summed E-state index contributed by atoms with van der Waals surface area (Å²) in [5, 5.41) is 3.43. The molecule has 0 aliphatic heterocycles. The van der Waals surface area contributed by atoms with Crippen LogP contribution < -0.4 is 5.32 Å². The molecule has 0 aliphatic rings. The molecule has 0 aromatic heterocycles. The summed E-state index contributed by atoms with van der Waals surface area (Å²) in [4.78, 5) is 0. The van der Waals surface area contributed by atoms with E-state index in [4.69, 9.17) is 0 Å². The number of para-hydroxylation sites is 1. The first-order valence-electron chi connectivity index (χ1n) is 5.28. The second-order valence-corrected chi connectivity index (χ2v) is 5.26. The van der Waals surface area contributed by atoms with E-state index in [1.807, 2.05) is 24.3 Å². The molecule has 1 N–H and O–H groups in total. The van der Waals surface area contributed by atoms with E-state index in [-0.39, 0.29) is 0 Å². The van der Waals surface area contributed by atoms with E-state index in [9.17, 15) is 4.21 Å². The molecule has 0 heterocycles. The van der Waals surface area contributed by atoms with Gasteiger partial charge in [-0.15, -0.1) is 0 Å². The van der Waals surface area contributed by atoms with Crippen molar-refractivity contribution in [3.63, 3.8) is 0 Å². The summed E-state index contributed by atoms with van der Waals surface area (Å²) in [6, 6.07) is 8.54. The molecule has 1 rings (SSSR count).